The summed E-state index contributed by atoms with van der Waals surface area (Å²) in [6.45, 7) is 4.01. The Bertz CT molecular complexity index is 688. The third-order valence-electron chi connectivity index (χ3n) is 5.66. The number of aliphatic hydroxyl groups excluding tert-OH is 1. The molecule has 1 spiro atoms. The predicted molar refractivity (Wildman–Crippen MR) is 87.1 cm³/mol. The Kier molecular flexibility index (Phi) is 4.15. The van der Waals surface area contributed by atoms with Crippen LogP contribution in [0.15, 0.2) is 18.2 Å². The first kappa shape index (κ1) is 17.9. The van der Waals surface area contributed by atoms with Gasteiger partial charge in [-0.05, 0) is 37.5 Å². The van der Waals surface area contributed by atoms with E-state index in [1.54, 1.807) is 19.1 Å². The Balaban J connectivity index is 1.39. The smallest absolute Gasteiger partial charge is 0.395 e. The molecule has 0 aromatic heterocycles. The number of benzene rings is 1. The molecule has 144 valence electrons. The summed E-state index contributed by atoms with van der Waals surface area (Å²) < 4.78 is 41.0. The van der Waals surface area contributed by atoms with Crippen molar-refractivity contribution in [3.8, 4) is 11.5 Å². The van der Waals surface area contributed by atoms with Gasteiger partial charge in [0.1, 0.15) is 6.10 Å². The molecule has 1 aromatic carbocycles. The summed E-state index contributed by atoms with van der Waals surface area (Å²) in [5, 5.41) is 20.9. The highest BCUT2D eigenvalue weighted by Gasteiger charge is 2.52. The van der Waals surface area contributed by atoms with Gasteiger partial charge in [0.2, 0.25) is 0 Å². The van der Waals surface area contributed by atoms with E-state index in [9.17, 15) is 19.0 Å². The Hall–Kier alpha value is -1.48. The lowest BCUT2D eigenvalue weighted by molar-refractivity contribution is -0.286. The molecule has 26 heavy (non-hydrogen) atoms. The number of hydrogen-bond donors (Lipinski definition) is 2. The Morgan fingerprint density at radius 2 is 1.85 bits per heavy atom. The van der Waals surface area contributed by atoms with Gasteiger partial charge in [-0.2, -0.15) is 0 Å². The van der Waals surface area contributed by atoms with Crippen LogP contribution in [0, 0.1) is 0 Å². The highest BCUT2D eigenvalue weighted by atomic mass is 19.3. The van der Waals surface area contributed by atoms with E-state index in [2.05, 4.69) is 14.4 Å². The molecule has 2 N–H and O–H groups in total. The fraction of sp³-hybridized carbons (Fsp3) is 0.667. The summed E-state index contributed by atoms with van der Waals surface area (Å²) in [6.07, 6.45) is -2.90. The average Bonchev–Trinajstić information content (AvgIpc) is 2.88. The molecule has 2 fully saturated rings. The summed E-state index contributed by atoms with van der Waals surface area (Å²) in [7, 11) is 0. The van der Waals surface area contributed by atoms with E-state index in [4.69, 9.17) is 4.74 Å². The molecule has 0 amide bonds. The predicted octanol–water partition coefficient (Wildman–Crippen LogP) is 1.87. The lowest BCUT2D eigenvalue weighted by Gasteiger charge is -2.51. The lowest BCUT2D eigenvalue weighted by Crippen LogP contribution is -2.64. The Labute approximate surface area is 150 Å². The van der Waals surface area contributed by atoms with Crippen molar-refractivity contribution in [1.29, 1.82) is 0 Å². The van der Waals surface area contributed by atoms with Gasteiger partial charge >= 0.3 is 6.29 Å². The number of piperidine rings is 1. The molecule has 2 saturated heterocycles. The SMILES string of the molecule is C[C@@]1(O)CCOC2(CCN(Cc3ccc4c(c3)OC(F)(F)O4)CC2)[C@H]1O. The first-order valence-electron chi connectivity index (χ1n) is 8.85. The van der Waals surface area contributed by atoms with Crippen molar-refractivity contribution in [3.05, 3.63) is 23.8 Å². The van der Waals surface area contributed by atoms with Crippen LogP contribution in [-0.2, 0) is 11.3 Å². The minimum atomic E-state index is -3.61. The molecule has 6 nitrogen and oxygen atoms in total. The average molecular weight is 371 g/mol. The summed E-state index contributed by atoms with van der Waals surface area (Å²) in [6, 6.07) is 4.80. The minimum Gasteiger partial charge on any atom is -0.395 e. The molecule has 3 aliphatic heterocycles. The van der Waals surface area contributed by atoms with Crippen molar-refractivity contribution in [2.45, 2.75) is 56.3 Å². The lowest BCUT2D eigenvalue weighted by atomic mass is 9.75. The maximum atomic E-state index is 13.1. The van der Waals surface area contributed by atoms with Crippen molar-refractivity contribution >= 4 is 0 Å². The van der Waals surface area contributed by atoms with E-state index in [0.29, 0.717) is 45.5 Å². The number of likely N-dealkylation sites (tertiary alicyclic amines) is 1. The van der Waals surface area contributed by atoms with Crippen LogP contribution in [-0.4, -0.2) is 58.4 Å². The molecule has 2 atom stereocenters. The fourth-order valence-corrected chi connectivity index (χ4v) is 4.10. The first-order valence-corrected chi connectivity index (χ1v) is 8.85. The van der Waals surface area contributed by atoms with Crippen LogP contribution in [0.1, 0.15) is 31.7 Å². The normalized spacial score (nSPS) is 32.7. The number of alkyl halides is 2. The van der Waals surface area contributed by atoms with Crippen LogP contribution in [0.4, 0.5) is 8.78 Å². The van der Waals surface area contributed by atoms with Crippen molar-refractivity contribution in [2.24, 2.45) is 0 Å². The van der Waals surface area contributed by atoms with Gasteiger partial charge < -0.3 is 24.4 Å². The van der Waals surface area contributed by atoms with Gasteiger partial charge in [0.25, 0.3) is 0 Å². The van der Waals surface area contributed by atoms with E-state index in [1.807, 2.05) is 0 Å². The van der Waals surface area contributed by atoms with E-state index in [1.165, 1.54) is 6.07 Å². The quantitative estimate of drug-likeness (QED) is 0.827. The summed E-state index contributed by atoms with van der Waals surface area (Å²) >= 11 is 0. The van der Waals surface area contributed by atoms with Crippen LogP contribution < -0.4 is 9.47 Å². The first-order chi connectivity index (χ1) is 12.2. The van der Waals surface area contributed by atoms with E-state index in [-0.39, 0.29) is 11.5 Å². The standard InChI is InChI=1S/C18H23F2NO5/c1-16(23)6-9-24-17(15(16)22)4-7-21(8-5-17)11-12-2-3-13-14(10-12)26-18(19,20)25-13/h2-3,10,15,22-23H,4-9,11H2,1H3/t15-,16+/m0/s1. The number of halogens is 2. The number of rotatable bonds is 2. The van der Waals surface area contributed by atoms with Crippen LogP contribution in [0.5, 0.6) is 11.5 Å². The molecular formula is C18H23F2NO5. The van der Waals surface area contributed by atoms with Gasteiger partial charge in [0.05, 0.1) is 17.8 Å². The van der Waals surface area contributed by atoms with Gasteiger partial charge in [-0.15, -0.1) is 8.78 Å². The highest BCUT2D eigenvalue weighted by molar-refractivity contribution is 5.45. The number of aliphatic hydroxyl groups is 2. The number of ether oxygens (including phenoxy) is 3. The van der Waals surface area contributed by atoms with Gasteiger partial charge in [-0.25, -0.2) is 0 Å². The molecule has 8 heteroatoms. The van der Waals surface area contributed by atoms with Gasteiger partial charge in [0, 0.05) is 26.1 Å². The third-order valence-corrected chi connectivity index (χ3v) is 5.66. The molecular weight excluding hydrogens is 348 g/mol. The molecule has 0 radical (unpaired) electrons. The molecule has 0 saturated carbocycles. The Morgan fingerprint density at radius 1 is 1.15 bits per heavy atom. The Morgan fingerprint density at radius 3 is 2.58 bits per heavy atom. The molecule has 0 aliphatic carbocycles. The zero-order valence-electron chi connectivity index (χ0n) is 14.6. The van der Waals surface area contributed by atoms with Gasteiger partial charge in [-0.1, -0.05) is 6.07 Å². The molecule has 1 aromatic rings. The van der Waals surface area contributed by atoms with Gasteiger partial charge in [-0.3, -0.25) is 4.90 Å². The van der Waals surface area contributed by atoms with E-state index >= 15 is 0 Å². The summed E-state index contributed by atoms with van der Waals surface area (Å²) in [4.78, 5) is 2.17. The maximum Gasteiger partial charge on any atom is 0.586 e. The highest BCUT2D eigenvalue weighted by Crippen LogP contribution is 2.42. The maximum absolute atomic E-state index is 13.1. The second-order valence-corrected chi connectivity index (χ2v) is 7.65. The van der Waals surface area contributed by atoms with Gasteiger partial charge in [0.15, 0.2) is 11.5 Å². The van der Waals surface area contributed by atoms with Crippen molar-refractivity contribution in [1.82, 2.24) is 4.90 Å². The van der Waals surface area contributed by atoms with Crippen LogP contribution in [0.25, 0.3) is 0 Å². The van der Waals surface area contributed by atoms with Crippen molar-refractivity contribution < 1.29 is 33.2 Å². The molecule has 4 rings (SSSR count). The van der Waals surface area contributed by atoms with Crippen molar-refractivity contribution in [3.63, 3.8) is 0 Å². The molecule has 3 heterocycles. The monoisotopic (exact) mass is 371 g/mol. The number of fused-ring (bicyclic) bond motifs is 1. The molecule has 0 unspecified atom stereocenters. The second-order valence-electron chi connectivity index (χ2n) is 7.65. The minimum absolute atomic E-state index is 0.0392. The second kappa shape index (κ2) is 6.02. The van der Waals surface area contributed by atoms with Crippen LogP contribution >= 0.6 is 0 Å². The molecule has 0 bridgehead atoms. The largest absolute Gasteiger partial charge is 0.586 e. The summed E-state index contributed by atoms with van der Waals surface area (Å²) in [5.74, 6) is 0.0837. The zero-order chi connectivity index (χ0) is 18.6. The van der Waals surface area contributed by atoms with Crippen LogP contribution in [0.2, 0.25) is 0 Å². The zero-order valence-corrected chi connectivity index (χ0v) is 14.6. The van der Waals surface area contributed by atoms with Crippen molar-refractivity contribution in [2.75, 3.05) is 19.7 Å². The fourth-order valence-electron chi connectivity index (χ4n) is 4.10. The number of hydrogen-bond acceptors (Lipinski definition) is 6. The van der Waals surface area contributed by atoms with Crippen LogP contribution in [0.3, 0.4) is 0 Å². The van der Waals surface area contributed by atoms with E-state index < -0.39 is 23.6 Å². The van der Waals surface area contributed by atoms with E-state index in [0.717, 1.165) is 5.56 Å². The number of nitrogens with zero attached hydrogens (tertiary/aromatic N) is 1. The molecule has 3 aliphatic rings. The summed E-state index contributed by atoms with van der Waals surface area (Å²) in [5.41, 5.74) is -1.00. The topological polar surface area (TPSA) is 71.4 Å². The third kappa shape index (κ3) is 3.15.